The number of amides is 2. The van der Waals surface area contributed by atoms with Crippen molar-refractivity contribution in [1.29, 1.82) is 0 Å². The standard InChI is InChI=1S/C17H21N3O2/c1-12-4-9-16(20(12)3)11-18-17(22)10-14-5-7-15(8-6-14)19-13(2)21/h4-9H,10-11H2,1-3H3,(H,18,22)(H,19,21). The van der Waals surface area contributed by atoms with Gasteiger partial charge in [0, 0.05) is 31.0 Å². The van der Waals surface area contributed by atoms with Gasteiger partial charge in [0.1, 0.15) is 0 Å². The molecule has 2 amide bonds. The Bertz CT molecular complexity index is 672. The molecule has 22 heavy (non-hydrogen) atoms. The smallest absolute Gasteiger partial charge is 0.224 e. The molecule has 1 aromatic heterocycles. The van der Waals surface area contributed by atoms with Gasteiger partial charge in [0.2, 0.25) is 11.8 Å². The molecule has 0 fully saturated rings. The summed E-state index contributed by atoms with van der Waals surface area (Å²) in [4.78, 5) is 22.9. The van der Waals surface area contributed by atoms with E-state index in [1.807, 2.05) is 38.2 Å². The van der Waals surface area contributed by atoms with Gasteiger partial charge in [-0.1, -0.05) is 12.1 Å². The first-order valence-electron chi connectivity index (χ1n) is 7.20. The van der Waals surface area contributed by atoms with Crippen LogP contribution in [-0.2, 0) is 29.6 Å². The summed E-state index contributed by atoms with van der Waals surface area (Å²) in [5, 5.41) is 5.62. The summed E-state index contributed by atoms with van der Waals surface area (Å²) in [5.41, 5.74) is 3.88. The van der Waals surface area contributed by atoms with Crippen LogP contribution < -0.4 is 10.6 Å². The lowest BCUT2D eigenvalue weighted by atomic mass is 10.1. The van der Waals surface area contributed by atoms with Crippen molar-refractivity contribution >= 4 is 17.5 Å². The fourth-order valence-electron chi connectivity index (χ4n) is 2.19. The first kappa shape index (κ1) is 15.8. The van der Waals surface area contributed by atoms with Crippen molar-refractivity contribution in [3.8, 4) is 0 Å². The molecule has 0 aliphatic rings. The number of hydrogen-bond acceptors (Lipinski definition) is 2. The van der Waals surface area contributed by atoms with E-state index in [1.165, 1.54) is 6.92 Å². The molecule has 2 N–H and O–H groups in total. The first-order valence-corrected chi connectivity index (χ1v) is 7.20. The number of carbonyl (C=O) groups excluding carboxylic acids is 2. The van der Waals surface area contributed by atoms with E-state index in [9.17, 15) is 9.59 Å². The lowest BCUT2D eigenvalue weighted by molar-refractivity contribution is -0.120. The van der Waals surface area contributed by atoms with Crippen LogP contribution in [-0.4, -0.2) is 16.4 Å². The second kappa shape index (κ2) is 6.93. The zero-order valence-electron chi connectivity index (χ0n) is 13.1. The number of benzene rings is 1. The van der Waals surface area contributed by atoms with E-state index >= 15 is 0 Å². The lowest BCUT2D eigenvalue weighted by Gasteiger charge is -2.08. The molecule has 0 spiro atoms. The molecule has 0 saturated heterocycles. The molecular formula is C17H21N3O2. The lowest BCUT2D eigenvalue weighted by Crippen LogP contribution is -2.25. The maximum Gasteiger partial charge on any atom is 0.224 e. The average Bonchev–Trinajstić information content (AvgIpc) is 2.78. The number of carbonyl (C=O) groups is 2. The minimum atomic E-state index is -0.108. The number of aromatic nitrogens is 1. The third kappa shape index (κ3) is 4.22. The Morgan fingerprint density at radius 3 is 2.32 bits per heavy atom. The second-order valence-corrected chi connectivity index (χ2v) is 5.36. The average molecular weight is 299 g/mol. The quantitative estimate of drug-likeness (QED) is 0.888. The summed E-state index contributed by atoms with van der Waals surface area (Å²) in [6, 6.07) is 11.3. The minimum absolute atomic E-state index is 0.0221. The van der Waals surface area contributed by atoms with Crippen LogP contribution >= 0.6 is 0 Å². The summed E-state index contributed by atoms with van der Waals surface area (Å²) in [6.07, 6.45) is 0.323. The van der Waals surface area contributed by atoms with Crippen LogP contribution in [0.3, 0.4) is 0 Å². The summed E-state index contributed by atoms with van der Waals surface area (Å²) >= 11 is 0. The maximum atomic E-state index is 12.0. The van der Waals surface area contributed by atoms with Gasteiger partial charge in [0.15, 0.2) is 0 Å². The van der Waals surface area contributed by atoms with Crippen molar-refractivity contribution in [2.45, 2.75) is 26.8 Å². The van der Waals surface area contributed by atoms with Crippen LogP contribution in [0.25, 0.3) is 0 Å². The molecule has 0 bridgehead atoms. The molecule has 0 aliphatic heterocycles. The van der Waals surface area contributed by atoms with Crippen LogP contribution in [0.2, 0.25) is 0 Å². The van der Waals surface area contributed by atoms with Gasteiger partial charge < -0.3 is 15.2 Å². The van der Waals surface area contributed by atoms with Crippen molar-refractivity contribution < 1.29 is 9.59 Å². The zero-order chi connectivity index (χ0) is 16.1. The van der Waals surface area contributed by atoms with Crippen LogP contribution in [0, 0.1) is 6.92 Å². The third-order valence-electron chi connectivity index (χ3n) is 3.58. The molecule has 0 aliphatic carbocycles. The van der Waals surface area contributed by atoms with Gasteiger partial charge in [-0.2, -0.15) is 0 Å². The van der Waals surface area contributed by atoms with Crippen LogP contribution in [0.15, 0.2) is 36.4 Å². The van der Waals surface area contributed by atoms with E-state index in [0.717, 1.165) is 22.6 Å². The van der Waals surface area contributed by atoms with Gasteiger partial charge in [0.05, 0.1) is 13.0 Å². The molecule has 1 aromatic carbocycles. The van der Waals surface area contributed by atoms with E-state index in [1.54, 1.807) is 12.1 Å². The number of anilines is 1. The maximum absolute atomic E-state index is 12.0. The van der Waals surface area contributed by atoms with Crippen molar-refractivity contribution in [2.24, 2.45) is 7.05 Å². The van der Waals surface area contributed by atoms with Gasteiger partial charge in [0.25, 0.3) is 0 Å². The summed E-state index contributed by atoms with van der Waals surface area (Å²) < 4.78 is 2.06. The Hall–Kier alpha value is -2.56. The number of nitrogens with zero attached hydrogens (tertiary/aromatic N) is 1. The zero-order valence-corrected chi connectivity index (χ0v) is 13.1. The summed E-state index contributed by atoms with van der Waals surface area (Å²) in [6.45, 7) is 4.02. The Labute approximate surface area is 130 Å². The normalized spacial score (nSPS) is 10.3. The molecule has 2 aromatic rings. The van der Waals surface area contributed by atoms with Gasteiger partial charge in [-0.3, -0.25) is 9.59 Å². The van der Waals surface area contributed by atoms with Gasteiger partial charge in [-0.15, -0.1) is 0 Å². The molecule has 0 atom stereocenters. The van der Waals surface area contributed by atoms with Crippen LogP contribution in [0.4, 0.5) is 5.69 Å². The highest BCUT2D eigenvalue weighted by Crippen LogP contribution is 2.10. The molecule has 5 heteroatoms. The van der Waals surface area contributed by atoms with Crippen molar-refractivity contribution in [3.63, 3.8) is 0 Å². The summed E-state index contributed by atoms with van der Waals surface area (Å²) in [7, 11) is 1.98. The molecular weight excluding hydrogens is 278 g/mol. The molecule has 0 saturated carbocycles. The van der Waals surface area contributed by atoms with E-state index in [4.69, 9.17) is 0 Å². The Morgan fingerprint density at radius 2 is 1.77 bits per heavy atom. The predicted octanol–water partition coefficient (Wildman–Crippen LogP) is 2.15. The Kier molecular flexibility index (Phi) is 4.99. The molecule has 116 valence electrons. The van der Waals surface area contributed by atoms with Crippen LogP contribution in [0.1, 0.15) is 23.9 Å². The van der Waals surface area contributed by atoms with Crippen molar-refractivity contribution in [3.05, 3.63) is 53.3 Å². The number of hydrogen-bond donors (Lipinski definition) is 2. The predicted molar refractivity (Wildman–Crippen MR) is 86.4 cm³/mol. The largest absolute Gasteiger partial charge is 0.350 e. The SMILES string of the molecule is CC(=O)Nc1ccc(CC(=O)NCc2ccc(C)n2C)cc1. The van der Waals surface area contributed by atoms with Crippen molar-refractivity contribution in [1.82, 2.24) is 9.88 Å². The molecule has 5 nitrogen and oxygen atoms in total. The Morgan fingerprint density at radius 1 is 1.09 bits per heavy atom. The number of nitrogens with one attached hydrogen (secondary N) is 2. The topological polar surface area (TPSA) is 63.1 Å². The second-order valence-electron chi connectivity index (χ2n) is 5.36. The van der Waals surface area contributed by atoms with Crippen LogP contribution in [0.5, 0.6) is 0 Å². The molecule has 2 rings (SSSR count). The first-order chi connectivity index (χ1) is 10.5. The fourth-order valence-corrected chi connectivity index (χ4v) is 2.19. The van der Waals surface area contributed by atoms with Gasteiger partial charge in [-0.05, 0) is 36.8 Å². The van der Waals surface area contributed by atoms with Gasteiger partial charge >= 0.3 is 0 Å². The molecule has 0 radical (unpaired) electrons. The Balaban J connectivity index is 1.86. The summed E-state index contributed by atoms with van der Waals surface area (Å²) in [5.74, 6) is -0.130. The third-order valence-corrected chi connectivity index (χ3v) is 3.58. The van der Waals surface area contributed by atoms with E-state index in [-0.39, 0.29) is 11.8 Å². The number of rotatable bonds is 5. The monoisotopic (exact) mass is 299 g/mol. The van der Waals surface area contributed by atoms with E-state index in [0.29, 0.717) is 13.0 Å². The highest BCUT2D eigenvalue weighted by Gasteiger charge is 2.06. The number of aryl methyl sites for hydroxylation is 1. The van der Waals surface area contributed by atoms with Crippen molar-refractivity contribution in [2.75, 3.05) is 5.32 Å². The van der Waals surface area contributed by atoms with Gasteiger partial charge in [-0.25, -0.2) is 0 Å². The fraction of sp³-hybridized carbons (Fsp3) is 0.294. The molecule has 1 heterocycles. The van der Waals surface area contributed by atoms with E-state index < -0.39 is 0 Å². The highest BCUT2D eigenvalue weighted by atomic mass is 16.2. The van der Waals surface area contributed by atoms with E-state index in [2.05, 4.69) is 15.2 Å². The minimum Gasteiger partial charge on any atom is -0.350 e. The highest BCUT2D eigenvalue weighted by molar-refractivity contribution is 5.88. The molecule has 0 unspecified atom stereocenters.